The fourth-order valence-electron chi connectivity index (χ4n) is 1.57. The molecule has 5 heteroatoms. The van der Waals surface area contributed by atoms with E-state index >= 15 is 0 Å². The topological polar surface area (TPSA) is 52.0 Å². The van der Waals surface area contributed by atoms with E-state index in [9.17, 15) is 10.1 Å². The van der Waals surface area contributed by atoms with E-state index in [0.29, 0.717) is 6.54 Å². The highest BCUT2D eigenvalue weighted by atomic mass is 16.6. The van der Waals surface area contributed by atoms with Crippen LogP contribution in [0.2, 0.25) is 0 Å². The van der Waals surface area contributed by atoms with Crippen molar-refractivity contribution < 1.29 is 9.49 Å². The third kappa shape index (κ3) is 2.25. The van der Waals surface area contributed by atoms with Gasteiger partial charge in [0.2, 0.25) is 6.33 Å². The molecule has 0 spiro atoms. The molecule has 0 saturated heterocycles. The predicted octanol–water partition coefficient (Wildman–Crippen LogP) is 1.27. The Morgan fingerprint density at radius 1 is 1.50 bits per heavy atom. The van der Waals surface area contributed by atoms with Crippen LogP contribution in [0.25, 0.3) is 0 Å². The minimum absolute atomic E-state index is 0.133. The Labute approximate surface area is 92.7 Å². The van der Waals surface area contributed by atoms with Gasteiger partial charge in [0.15, 0.2) is 0 Å². The van der Waals surface area contributed by atoms with E-state index in [-0.39, 0.29) is 10.6 Å². The Balaban J connectivity index is 2.21. The number of aromatic nitrogens is 2. The number of rotatable bonds is 3. The van der Waals surface area contributed by atoms with Crippen LogP contribution in [0.15, 0.2) is 43.0 Å². The molecule has 82 valence electrons. The second kappa shape index (κ2) is 4.14. The van der Waals surface area contributed by atoms with Crippen molar-refractivity contribution in [2.24, 2.45) is 7.05 Å². The van der Waals surface area contributed by atoms with Gasteiger partial charge in [0.25, 0.3) is 5.69 Å². The van der Waals surface area contributed by atoms with Gasteiger partial charge >= 0.3 is 0 Å². The number of nitro benzene ring substituents is 1. The number of nitrogens with zero attached hydrogens (tertiary/aromatic N) is 3. The summed E-state index contributed by atoms with van der Waals surface area (Å²) in [6.07, 6.45) is 5.79. The molecule has 16 heavy (non-hydrogen) atoms. The smallest absolute Gasteiger partial charge is 0.258 e. The molecule has 5 nitrogen and oxygen atoms in total. The normalized spacial score (nSPS) is 10.3. The van der Waals surface area contributed by atoms with Crippen molar-refractivity contribution in [2.45, 2.75) is 6.54 Å². The van der Waals surface area contributed by atoms with Crippen LogP contribution in [0.3, 0.4) is 0 Å². The Morgan fingerprint density at radius 2 is 2.31 bits per heavy atom. The number of non-ortho nitro benzene ring substituents is 1. The van der Waals surface area contributed by atoms with E-state index < -0.39 is 0 Å². The van der Waals surface area contributed by atoms with E-state index in [4.69, 9.17) is 0 Å². The van der Waals surface area contributed by atoms with Crippen LogP contribution < -0.4 is 4.57 Å². The first kappa shape index (κ1) is 10.4. The summed E-state index contributed by atoms with van der Waals surface area (Å²) >= 11 is 0. The van der Waals surface area contributed by atoms with Crippen molar-refractivity contribution in [1.29, 1.82) is 0 Å². The molecule has 0 unspecified atom stereocenters. The molecule has 1 aromatic heterocycles. The van der Waals surface area contributed by atoms with Crippen LogP contribution in [0.5, 0.6) is 0 Å². The lowest BCUT2D eigenvalue weighted by Gasteiger charge is -1.97. The van der Waals surface area contributed by atoms with Crippen LogP contribution in [0.1, 0.15) is 5.56 Å². The summed E-state index contributed by atoms with van der Waals surface area (Å²) in [5.74, 6) is 0. The van der Waals surface area contributed by atoms with Crippen molar-refractivity contribution in [1.82, 2.24) is 4.57 Å². The predicted molar refractivity (Wildman–Crippen MR) is 57.8 cm³/mol. The standard InChI is InChI=1S/C11H12N3O2/c1-12-5-6-13(9-12)8-10-3-2-4-11(7-10)14(15)16/h2-7,9H,8H2,1H3/q+1. The van der Waals surface area contributed by atoms with Crippen LogP contribution in [-0.4, -0.2) is 9.49 Å². The fraction of sp³-hybridized carbons (Fsp3) is 0.182. The van der Waals surface area contributed by atoms with Crippen LogP contribution >= 0.6 is 0 Å². The summed E-state index contributed by atoms with van der Waals surface area (Å²) in [6, 6.07) is 6.68. The molecule has 2 aromatic rings. The van der Waals surface area contributed by atoms with Gasteiger partial charge < -0.3 is 0 Å². The van der Waals surface area contributed by atoms with Crippen molar-refractivity contribution in [2.75, 3.05) is 0 Å². The van der Waals surface area contributed by atoms with Crippen LogP contribution in [-0.2, 0) is 13.6 Å². The van der Waals surface area contributed by atoms with Crippen molar-refractivity contribution in [3.63, 3.8) is 0 Å². The molecular weight excluding hydrogens is 206 g/mol. The van der Waals surface area contributed by atoms with E-state index in [0.717, 1.165) is 5.56 Å². The molecule has 0 saturated carbocycles. The second-order valence-corrected chi connectivity index (χ2v) is 3.68. The number of nitro groups is 1. The van der Waals surface area contributed by atoms with E-state index in [1.165, 1.54) is 6.07 Å². The van der Waals surface area contributed by atoms with E-state index in [1.807, 2.05) is 41.0 Å². The van der Waals surface area contributed by atoms with Gasteiger partial charge in [-0.05, 0) is 0 Å². The molecule has 0 aliphatic carbocycles. The monoisotopic (exact) mass is 218 g/mol. The summed E-state index contributed by atoms with van der Waals surface area (Å²) in [5.41, 5.74) is 1.06. The summed E-state index contributed by atoms with van der Waals surface area (Å²) < 4.78 is 3.90. The van der Waals surface area contributed by atoms with E-state index in [1.54, 1.807) is 12.1 Å². The molecule has 1 heterocycles. The first-order valence-electron chi connectivity index (χ1n) is 4.89. The molecule has 0 N–H and O–H groups in total. The Hall–Kier alpha value is -2.17. The first-order chi connectivity index (χ1) is 7.65. The van der Waals surface area contributed by atoms with Crippen molar-refractivity contribution in [3.05, 3.63) is 58.7 Å². The van der Waals surface area contributed by atoms with Gasteiger partial charge in [0, 0.05) is 17.7 Å². The molecule has 2 rings (SSSR count). The van der Waals surface area contributed by atoms with E-state index in [2.05, 4.69) is 0 Å². The largest absolute Gasteiger partial charge is 0.269 e. The molecule has 1 aromatic carbocycles. The quantitative estimate of drug-likeness (QED) is 0.442. The fourth-order valence-corrected chi connectivity index (χ4v) is 1.57. The maximum Gasteiger partial charge on any atom is 0.269 e. The van der Waals surface area contributed by atoms with Gasteiger partial charge in [-0.3, -0.25) is 10.1 Å². The third-order valence-electron chi connectivity index (χ3n) is 2.31. The highest BCUT2D eigenvalue weighted by molar-refractivity contribution is 5.34. The first-order valence-corrected chi connectivity index (χ1v) is 4.89. The summed E-state index contributed by atoms with van der Waals surface area (Å²) in [4.78, 5) is 10.2. The number of hydrogen-bond donors (Lipinski definition) is 0. The average molecular weight is 218 g/mol. The zero-order valence-corrected chi connectivity index (χ0v) is 8.91. The number of hydrogen-bond acceptors (Lipinski definition) is 2. The average Bonchev–Trinajstić information content (AvgIpc) is 2.64. The Kier molecular flexibility index (Phi) is 2.68. The lowest BCUT2D eigenvalue weighted by atomic mass is 10.2. The van der Waals surface area contributed by atoms with Gasteiger partial charge in [-0.15, -0.1) is 0 Å². The minimum atomic E-state index is -0.376. The maximum absolute atomic E-state index is 10.6. The van der Waals surface area contributed by atoms with Gasteiger partial charge in [-0.2, -0.15) is 0 Å². The zero-order valence-electron chi connectivity index (χ0n) is 8.91. The summed E-state index contributed by atoms with van der Waals surface area (Å²) in [7, 11) is 1.93. The number of benzene rings is 1. The maximum atomic E-state index is 10.6. The number of aryl methyl sites for hydroxylation is 1. The molecule has 0 radical (unpaired) electrons. The molecule has 0 aliphatic heterocycles. The van der Waals surface area contributed by atoms with Gasteiger partial charge in [0.05, 0.1) is 12.0 Å². The lowest BCUT2D eigenvalue weighted by molar-refractivity contribution is -0.671. The number of imidazole rings is 1. The van der Waals surface area contributed by atoms with Gasteiger partial charge in [0.1, 0.15) is 18.9 Å². The molecule has 0 atom stereocenters. The van der Waals surface area contributed by atoms with Gasteiger partial charge in [-0.1, -0.05) is 12.1 Å². The van der Waals surface area contributed by atoms with Crippen molar-refractivity contribution in [3.8, 4) is 0 Å². The van der Waals surface area contributed by atoms with Crippen LogP contribution in [0, 0.1) is 10.1 Å². The molecule has 0 bridgehead atoms. The molecular formula is C11H12N3O2+. The zero-order chi connectivity index (χ0) is 11.5. The Bertz CT molecular complexity index is 519. The lowest BCUT2D eigenvalue weighted by Crippen LogP contribution is -2.23. The Morgan fingerprint density at radius 3 is 2.94 bits per heavy atom. The SMILES string of the molecule is C[n+]1ccn(Cc2cccc([N+](=O)[O-])c2)c1. The van der Waals surface area contributed by atoms with Crippen molar-refractivity contribution >= 4 is 5.69 Å². The molecule has 0 amide bonds. The summed E-state index contributed by atoms with van der Waals surface area (Å²) in [5, 5.41) is 10.6. The summed E-state index contributed by atoms with van der Waals surface area (Å²) in [6.45, 7) is 0.641. The highest BCUT2D eigenvalue weighted by Gasteiger charge is 2.07. The second-order valence-electron chi connectivity index (χ2n) is 3.68. The van der Waals surface area contributed by atoms with Gasteiger partial charge in [-0.25, -0.2) is 9.13 Å². The minimum Gasteiger partial charge on any atom is -0.258 e. The third-order valence-corrected chi connectivity index (χ3v) is 2.31. The molecule has 0 aliphatic rings. The van der Waals surface area contributed by atoms with Crippen LogP contribution in [0.4, 0.5) is 5.69 Å². The highest BCUT2D eigenvalue weighted by Crippen LogP contribution is 2.13. The molecule has 0 fully saturated rings.